The minimum absolute atomic E-state index is 0.0798. The number of aryl methyl sites for hydroxylation is 1. The van der Waals surface area contributed by atoms with Gasteiger partial charge in [0, 0.05) is 13.6 Å². The lowest BCUT2D eigenvalue weighted by Gasteiger charge is -2.02. The molecule has 0 fully saturated rings. The lowest BCUT2D eigenvalue weighted by Crippen LogP contribution is -2.27. The molecule has 0 radical (unpaired) electrons. The summed E-state index contributed by atoms with van der Waals surface area (Å²) >= 11 is 0. The summed E-state index contributed by atoms with van der Waals surface area (Å²) in [5.74, 6) is -1.25. The van der Waals surface area contributed by atoms with E-state index in [1.54, 1.807) is 11.6 Å². The molecule has 0 aromatic carbocycles. The van der Waals surface area contributed by atoms with Crippen molar-refractivity contribution in [3.8, 4) is 0 Å². The zero-order valence-electron chi connectivity index (χ0n) is 7.73. The Bertz CT molecular complexity index is 345. The first-order valence-corrected chi connectivity index (χ1v) is 4.07. The standard InChI is InChI=1S/C8H11N3O3/c1-11-5-9-4-6(11)8(14)10-3-2-7(12)13/h4-5H,2-3H2,1H3,(H,10,14)(H,12,13). The van der Waals surface area contributed by atoms with Crippen molar-refractivity contribution in [2.75, 3.05) is 6.54 Å². The summed E-state index contributed by atoms with van der Waals surface area (Å²) in [5, 5.41) is 10.8. The quantitative estimate of drug-likeness (QED) is 0.689. The molecule has 0 aliphatic carbocycles. The number of amides is 1. The number of rotatable bonds is 4. The molecule has 0 saturated heterocycles. The summed E-state index contributed by atoms with van der Waals surface area (Å²) in [5.41, 5.74) is 0.412. The van der Waals surface area contributed by atoms with Crippen LogP contribution in [0.5, 0.6) is 0 Å². The van der Waals surface area contributed by atoms with E-state index >= 15 is 0 Å². The van der Waals surface area contributed by atoms with Gasteiger partial charge in [-0.15, -0.1) is 0 Å². The topological polar surface area (TPSA) is 84.2 Å². The van der Waals surface area contributed by atoms with Crippen molar-refractivity contribution in [2.45, 2.75) is 6.42 Å². The minimum atomic E-state index is -0.935. The molecular weight excluding hydrogens is 186 g/mol. The number of imidazole rings is 1. The highest BCUT2D eigenvalue weighted by molar-refractivity contribution is 5.92. The molecule has 6 nitrogen and oxygen atoms in total. The summed E-state index contributed by atoms with van der Waals surface area (Å²) in [6, 6.07) is 0. The van der Waals surface area contributed by atoms with Crippen molar-refractivity contribution in [1.82, 2.24) is 14.9 Å². The van der Waals surface area contributed by atoms with Crippen LogP contribution in [0.3, 0.4) is 0 Å². The summed E-state index contributed by atoms with van der Waals surface area (Å²) in [7, 11) is 1.69. The first-order valence-electron chi connectivity index (χ1n) is 4.07. The Labute approximate surface area is 80.6 Å². The number of carbonyl (C=O) groups excluding carboxylic acids is 1. The highest BCUT2D eigenvalue weighted by Gasteiger charge is 2.08. The van der Waals surface area contributed by atoms with Crippen LogP contribution in [0.25, 0.3) is 0 Å². The van der Waals surface area contributed by atoms with Crippen molar-refractivity contribution < 1.29 is 14.7 Å². The van der Waals surface area contributed by atoms with Crippen molar-refractivity contribution in [3.05, 3.63) is 18.2 Å². The monoisotopic (exact) mass is 197 g/mol. The lowest BCUT2D eigenvalue weighted by molar-refractivity contribution is -0.136. The van der Waals surface area contributed by atoms with Gasteiger partial charge in [-0.05, 0) is 0 Å². The molecule has 0 saturated carbocycles. The zero-order chi connectivity index (χ0) is 10.6. The number of hydrogen-bond donors (Lipinski definition) is 2. The van der Waals surface area contributed by atoms with E-state index in [1.807, 2.05) is 0 Å². The summed E-state index contributed by atoms with van der Waals surface area (Å²) in [6.07, 6.45) is 2.85. The molecule has 1 amide bonds. The van der Waals surface area contributed by atoms with Crippen LogP contribution in [0.4, 0.5) is 0 Å². The van der Waals surface area contributed by atoms with Crippen LogP contribution < -0.4 is 5.32 Å². The molecule has 1 aromatic heterocycles. The second-order valence-electron chi connectivity index (χ2n) is 2.79. The Morgan fingerprint density at radius 2 is 2.36 bits per heavy atom. The van der Waals surface area contributed by atoms with Gasteiger partial charge in [0.1, 0.15) is 5.69 Å². The van der Waals surface area contributed by atoms with Gasteiger partial charge in [0.15, 0.2) is 0 Å². The van der Waals surface area contributed by atoms with Gasteiger partial charge in [-0.1, -0.05) is 0 Å². The van der Waals surface area contributed by atoms with E-state index in [2.05, 4.69) is 10.3 Å². The van der Waals surface area contributed by atoms with Crippen molar-refractivity contribution in [2.24, 2.45) is 7.05 Å². The fourth-order valence-corrected chi connectivity index (χ4v) is 0.950. The molecule has 1 aromatic rings. The summed E-state index contributed by atoms with van der Waals surface area (Å²) < 4.78 is 1.57. The third-order valence-corrected chi connectivity index (χ3v) is 1.67. The van der Waals surface area contributed by atoms with Gasteiger partial charge in [0.25, 0.3) is 5.91 Å². The zero-order valence-corrected chi connectivity index (χ0v) is 7.73. The van der Waals surface area contributed by atoms with Crippen molar-refractivity contribution >= 4 is 11.9 Å². The Morgan fingerprint density at radius 1 is 1.64 bits per heavy atom. The third-order valence-electron chi connectivity index (χ3n) is 1.67. The van der Waals surface area contributed by atoms with Gasteiger partial charge in [-0.2, -0.15) is 0 Å². The van der Waals surface area contributed by atoms with Crippen LogP contribution in [-0.4, -0.2) is 33.1 Å². The average molecular weight is 197 g/mol. The molecule has 1 rings (SSSR count). The average Bonchev–Trinajstić information content (AvgIpc) is 2.50. The first kappa shape index (κ1) is 10.2. The van der Waals surface area contributed by atoms with Gasteiger partial charge < -0.3 is 15.0 Å². The number of carboxylic acid groups (broad SMARTS) is 1. The van der Waals surface area contributed by atoms with Crippen LogP contribution in [0.15, 0.2) is 12.5 Å². The fourth-order valence-electron chi connectivity index (χ4n) is 0.950. The first-order chi connectivity index (χ1) is 6.61. The third kappa shape index (κ3) is 2.58. The van der Waals surface area contributed by atoms with Gasteiger partial charge in [0.2, 0.25) is 0 Å². The second kappa shape index (κ2) is 4.40. The van der Waals surface area contributed by atoms with Crippen molar-refractivity contribution in [3.63, 3.8) is 0 Å². The largest absolute Gasteiger partial charge is 0.481 e. The van der Waals surface area contributed by atoms with E-state index in [-0.39, 0.29) is 18.9 Å². The van der Waals surface area contributed by atoms with E-state index < -0.39 is 5.97 Å². The van der Waals surface area contributed by atoms with Gasteiger partial charge in [0.05, 0.1) is 18.9 Å². The molecule has 2 N–H and O–H groups in total. The van der Waals surface area contributed by atoms with E-state index in [0.29, 0.717) is 5.69 Å². The molecule has 0 atom stereocenters. The Kier molecular flexibility index (Phi) is 3.22. The van der Waals surface area contributed by atoms with Gasteiger partial charge in [-0.3, -0.25) is 9.59 Å². The second-order valence-corrected chi connectivity index (χ2v) is 2.79. The highest BCUT2D eigenvalue weighted by atomic mass is 16.4. The summed E-state index contributed by atoms with van der Waals surface area (Å²) in [4.78, 5) is 25.3. The SMILES string of the molecule is Cn1cncc1C(=O)NCCC(=O)O. The predicted octanol–water partition coefficient (Wildman–Crippen LogP) is -0.375. The molecule has 14 heavy (non-hydrogen) atoms. The maximum atomic E-state index is 11.3. The maximum Gasteiger partial charge on any atom is 0.305 e. The van der Waals surface area contributed by atoms with Crippen LogP contribution in [0.1, 0.15) is 16.9 Å². The van der Waals surface area contributed by atoms with Crippen LogP contribution in [-0.2, 0) is 11.8 Å². The molecule has 0 aliphatic rings. The smallest absolute Gasteiger partial charge is 0.305 e. The minimum Gasteiger partial charge on any atom is -0.481 e. The number of aliphatic carboxylic acids is 1. The van der Waals surface area contributed by atoms with E-state index in [4.69, 9.17) is 5.11 Å². The number of carboxylic acids is 1. The lowest BCUT2D eigenvalue weighted by atomic mass is 10.4. The molecule has 0 bridgehead atoms. The summed E-state index contributed by atoms with van der Waals surface area (Å²) in [6.45, 7) is 0.124. The number of nitrogens with one attached hydrogen (secondary N) is 1. The molecular formula is C8H11N3O3. The normalized spacial score (nSPS) is 9.79. The highest BCUT2D eigenvalue weighted by Crippen LogP contribution is 1.95. The molecule has 76 valence electrons. The molecule has 6 heteroatoms. The van der Waals surface area contributed by atoms with Gasteiger partial charge in [-0.25, -0.2) is 4.98 Å². The van der Waals surface area contributed by atoms with E-state index in [9.17, 15) is 9.59 Å². The predicted molar refractivity (Wildman–Crippen MR) is 47.8 cm³/mol. The molecule has 0 unspecified atom stereocenters. The van der Waals surface area contributed by atoms with Gasteiger partial charge >= 0.3 is 5.97 Å². The van der Waals surface area contributed by atoms with E-state index in [0.717, 1.165) is 0 Å². The number of carbonyl (C=O) groups is 2. The Balaban J connectivity index is 2.44. The van der Waals surface area contributed by atoms with E-state index in [1.165, 1.54) is 12.5 Å². The Morgan fingerprint density at radius 3 is 2.86 bits per heavy atom. The van der Waals surface area contributed by atoms with Crippen LogP contribution in [0.2, 0.25) is 0 Å². The number of aromatic nitrogens is 2. The van der Waals surface area contributed by atoms with Crippen LogP contribution >= 0.6 is 0 Å². The maximum absolute atomic E-state index is 11.3. The molecule has 1 heterocycles. The van der Waals surface area contributed by atoms with Crippen molar-refractivity contribution in [1.29, 1.82) is 0 Å². The number of nitrogens with zero attached hydrogens (tertiary/aromatic N) is 2. The number of hydrogen-bond acceptors (Lipinski definition) is 3. The molecule has 0 aliphatic heterocycles. The van der Waals surface area contributed by atoms with Crippen LogP contribution in [0, 0.1) is 0 Å². The fraction of sp³-hybridized carbons (Fsp3) is 0.375. The molecule has 0 spiro atoms. The Hall–Kier alpha value is -1.85.